The molecule has 5 rings (SSSR count). The Morgan fingerprint density at radius 1 is 0.893 bits per heavy atom. The normalized spacial score (nSPS) is 13.7. The van der Waals surface area contributed by atoms with Crippen LogP contribution in [-0.2, 0) is 12.2 Å². The lowest BCUT2D eigenvalue weighted by Crippen LogP contribution is -2.03. The van der Waals surface area contributed by atoms with Crippen molar-refractivity contribution in [1.29, 1.82) is 0 Å². The van der Waals surface area contributed by atoms with Crippen LogP contribution in [0.4, 0.5) is 0 Å². The zero-order chi connectivity index (χ0) is 18.8. The average Bonchev–Trinajstić information content (AvgIpc) is 3.30. The molecular formula is C23H21N3S2. The first-order valence-corrected chi connectivity index (χ1v) is 11.5. The molecule has 2 heterocycles. The third-order valence-electron chi connectivity index (χ3n) is 4.99. The Hall–Kier alpha value is -2.37. The monoisotopic (exact) mass is 403 g/mol. The van der Waals surface area contributed by atoms with E-state index in [0.29, 0.717) is 6.04 Å². The molecule has 1 saturated carbocycles. The number of thioether (sulfide) groups is 1. The summed E-state index contributed by atoms with van der Waals surface area (Å²) in [6.07, 6.45) is 3.37. The predicted octanol–water partition coefficient (Wildman–Crippen LogP) is 6.22. The lowest BCUT2D eigenvalue weighted by Gasteiger charge is -2.09. The van der Waals surface area contributed by atoms with E-state index in [2.05, 4.69) is 86.9 Å². The van der Waals surface area contributed by atoms with Crippen molar-refractivity contribution in [3.8, 4) is 11.1 Å². The molecule has 0 atom stereocenters. The van der Waals surface area contributed by atoms with E-state index in [1.807, 2.05) is 0 Å². The van der Waals surface area contributed by atoms with Crippen molar-refractivity contribution in [1.82, 2.24) is 14.8 Å². The number of aromatic nitrogens is 3. The van der Waals surface area contributed by atoms with Crippen molar-refractivity contribution in [3.63, 3.8) is 0 Å². The molecule has 5 heteroatoms. The maximum atomic E-state index is 4.52. The largest absolute Gasteiger partial charge is 0.303 e. The minimum absolute atomic E-state index is 0.591. The summed E-state index contributed by atoms with van der Waals surface area (Å²) in [4.78, 5) is 1.35. The molecule has 28 heavy (non-hydrogen) atoms. The maximum Gasteiger partial charge on any atom is 0.191 e. The summed E-state index contributed by atoms with van der Waals surface area (Å²) in [6, 6.07) is 24.2. The fraction of sp³-hybridized carbons (Fsp3) is 0.217. The lowest BCUT2D eigenvalue weighted by molar-refractivity contribution is 0.635. The number of hydrogen-bond acceptors (Lipinski definition) is 4. The van der Waals surface area contributed by atoms with Gasteiger partial charge in [0.25, 0.3) is 0 Å². The Kier molecular flexibility index (Phi) is 5.02. The van der Waals surface area contributed by atoms with Crippen molar-refractivity contribution in [3.05, 3.63) is 88.4 Å². The Labute approximate surface area is 173 Å². The number of nitrogens with zero attached hydrogens (tertiary/aromatic N) is 3. The van der Waals surface area contributed by atoms with Gasteiger partial charge in [0.2, 0.25) is 0 Å². The minimum Gasteiger partial charge on any atom is -0.303 e. The van der Waals surface area contributed by atoms with Crippen LogP contribution in [0.15, 0.2) is 77.3 Å². The standard InChI is InChI=1S/C23H21N3S2/c1-2-5-18(6-3-1)19-10-8-17(9-11-19)16-28-23-25-24-22(26(23)20-12-13-20)15-21-7-4-14-27-21/h1-11,14,20H,12-13,15-16H2. The molecule has 0 unspecified atom stereocenters. The second-order valence-electron chi connectivity index (χ2n) is 7.11. The molecule has 0 radical (unpaired) electrons. The first-order chi connectivity index (χ1) is 13.9. The summed E-state index contributed by atoms with van der Waals surface area (Å²) in [7, 11) is 0. The van der Waals surface area contributed by atoms with E-state index in [9.17, 15) is 0 Å². The molecule has 1 fully saturated rings. The number of hydrogen-bond donors (Lipinski definition) is 0. The van der Waals surface area contributed by atoms with Gasteiger partial charge in [-0.05, 0) is 41.0 Å². The van der Waals surface area contributed by atoms with Gasteiger partial charge in [-0.2, -0.15) is 0 Å². The maximum absolute atomic E-state index is 4.52. The van der Waals surface area contributed by atoms with Gasteiger partial charge in [-0.1, -0.05) is 72.4 Å². The SMILES string of the molecule is c1ccc(-c2ccc(CSc3nnc(Cc4cccs4)n3C3CC3)cc2)cc1. The summed E-state index contributed by atoms with van der Waals surface area (Å²) in [5.41, 5.74) is 3.83. The molecule has 3 nitrogen and oxygen atoms in total. The van der Waals surface area contributed by atoms with Gasteiger partial charge in [0.15, 0.2) is 5.16 Å². The number of thiophene rings is 1. The third kappa shape index (κ3) is 3.91. The van der Waals surface area contributed by atoms with Crippen LogP contribution in [0.3, 0.4) is 0 Å². The molecule has 2 aromatic carbocycles. The smallest absolute Gasteiger partial charge is 0.191 e. The molecule has 0 aliphatic heterocycles. The molecular weight excluding hydrogens is 382 g/mol. The topological polar surface area (TPSA) is 30.7 Å². The Balaban J connectivity index is 1.29. The first-order valence-electron chi connectivity index (χ1n) is 9.60. The molecule has 0 amide bonds. The molecule has 0 N–H and O–H groups in total. The first kappa shape index (κ1) is 17.7. The third-order valence-corrected chi connectivity index (χ3v) is 6.88. The second kappa shape index (κ2) is 7.94. The van der Waals surface area contributed by atoms with Gasteiger partial charge in [0.05, 0.1) is 0 Å². The highest BCUT2D eigenvalue weighted by molar-refractivity contribution is 7.98. The van der Waals surface area contributed by atoms with E-state index < -0.39 is 0 Å². The van der Waals surface area contributed by atoms with Crippen molar-refractivity contribution >= 4 is 23.1 Å². The summed E-state index contributed by atoms with van der Waals surface area (Å²) in [5.74, 6) is 2.02. The average molecular weight is 404 g/mol. The summed E-state index contributed by atoms with van der Waals surface area (Å²) in [6.45, 7) is 0. The van der Waals surface area contributed by atoms with Gasteiger partial charge < -0.3 is 4.57 Å². The van der Waals surface area contributed by atoms with Crippen LogP contribution in [0.2, 0.25) is 0 Å². The van der Waals surface area contributed by atoms with E-state index in [1.165, 1.54) is 34.4 Å². The van der Waals surface area contributed by atoms with E-state index in [1.54, 1.807) is 23.1 Å². The fourth-order valence-electron chi connectivity index (χ4n) is 3.37. The van der Waals surface area contributed by atoms with E-state index in [4.69, 9.17) is 0 Å². The minimum atomic E-state index is 0.591. The predicted molar refractivity (Wildman–Crippen MR) is 117 cm³/mol. The van der Waals surface area contributed by atoms with E-state index in [0.717, 1.165) is 23.2 Å². The lowest BCUT2D eigenvalue weighted by atomic mass is 10.0. The van der Waals surface area contributed by atoms with Crippen molar-refractivity contribution < 1.29 is 0 Å². The molecule has 4 aromatic rings. The van der Waals surface area contributed by atoms with Crippen molar-refractivity contribution in [2.24, 2.45) is 0 Å². The number of rotatable bonds is 7. The highest BCUT2D eigenvalue weighted by Gasteiger charge is 2.29. The molecule has 0 spiro atoms. The van der Waals surface area contributed by atoms with Crippen molar-refractivity contribution in [2.45, 2.75) is 36.2 Å². The second-order valence-corrected chi connectivity index (χ2v) is 9.08. The van der Waals surface area contributed by atoms with Crippen LogP contribution in [0, 0.1) is 0 Å². The van der Waals surface area contributed by atoms with Gasteiger partial charge in [-0.3, -0.25) is 0 Å². The molecule has 0 saturated heterocycles. The zero-order valence-corrected chi connectivity index (χ0v) is 17.1. The van der Waals surface area contributed by atoms with Gasteiger partial charge in [0, 0.05) is 23.1 Å². The van der Waals surface area contributed by atoms with E-state index >= 15 is 0 Å². The molecule has 2 aromatic heterocycles. The zero-order valence-electron chi connectivity index (χ0n) is 15.5. The Bertz CT molecular complexity index is 1030. The van der Waals surface area contributed by atoms with Crippen molar-refractivity contribution in [2.75, 3.05) is 0 Å². The van der Waals surface area contributed by atoms with E-state index in [-0.39, 0.29) is 0 Å². The summed E-state index contributed by atoms with van der Waals surface area (Å²) < 4.78 is 2.38. The van der Waals surface area contributed by atoms with Crippen LogP contribution in [-0.4, -0.2) is 14.8 Å². The van der Waals surface area contributed by atoms with Gasteiger partial charge in [-0.15, -0.1) is 21.5 Å². The van der Waals surface area contributed by atoms with Gasteiger partial charge in [0.1, 0.15) is 5.82 Å². The highest BCUT2D eigenvalue weighted by atomic mass is 32.2. The van der Waals surface area contributed by atoms with Crippen LogP contribution in [0.25, 0.3) is 11.1 Å². The molecule has 0 bridgehead atoms. The van der Waals surface area contributed by atoms with Gasteiger partial charge in [-0.25, -0.2) is 0 Å². The summed E-state index contributed by atoms with van der Waals surface area (Å²) in [5, 5.41) is 12.2. The molecule has 1 aliphatic carbocycles. The van der Waals surface area contributed by atoms with Crippen LogP contribution >= 0.6 is 23.1 Å². The molecule has 1 aliphatic rings. The van der Waals surface area contributed by atoms with Crippen LogP contribution in [0.5, 0.6) is 0 Å². The van der Waals surface area contributed by atoms with Crippen LogP contribution < -0.4 is 0 Å². The summed E-state index contributed by atoms with van der Waals surface area (Å²) >= 11 is 3.59. The molecule has 140 valence electrons. The van der Waals surface area contributed by atoms with Gasteiger partial charge >= 0.3 is 0 Å². The van der Waals surface area contributed by atoms with Crippen LogP contribution in [0.1, 0.15) is 35.1 Å². The highest BCUT2D eigenvalue weighted by Crippen LogP contribution is 2.39. The fourth-order valence-corrected chi connectivity index (χ4v) is 5.05. The Morgan fingerprint density at radius 2 is 1.68 bits per heavy atom. The Morgan fingerprint density at radius 3 is 2.39 bits per heavy atom. The quantitative estimate of drug-likeness (QED) is 0.343. The number of benzene rings is 2.